The first-order valence-corrected chi connectivity index (χ1v) is 10.0. The van der Waals surface area contributed by atoms with Crippen LogP contribution in [0.1, 0.15) is 32.6 Å². The van der Waals surface area contributed by atoms with Gasteiger partial charge in [0, 0.05) is 10.9 Å². The fraction of sp³-hybridized carbons (Fsp3) is 0.148. The number of carbonyl (C=O) groups is 1. The van der Waals surface area contributed by atoms with Crippen LogP contribution in [-0.4, -0.2) is 5.97 Å². The van der Waals surface area contributed by atoms with Crippen molar-refractivity contribution >= 4 is 16.7 Å². The number of hydrogen-bond donors (Lipinski definition) is 0. The lowest BCUT2D eigenvalue weighted by atomic mass is 9.99. The molecule has 4 rings (SSSR count). The minimum Gasteiger partial charge on any atom is -0.423 e. The van der Waals surface area contributed by atoms with Gasteiger partial charge in [-0.2, -0.15) is 0 Å². The fourth-order valence-electron chi connectivity index (χ4n) is 3.99. The molecule has 0 unspecified atom stereocenters. The standard InChI is InChI=1S/C27H22F2O2/c1-15-11-16(2)25(17(3)12-15)27(30)31-22-8-5-19(6-9-22)20-7-10-23-21(13-20)14-24(28)18(4)26(23)29/h5-14H,1-4H3. The molecule has 0 saturated heterocycles. The number of fused-ring (bicyclic) bond motifs is 1. The quantitative estimate of drug-likeness (QED) is 0.260. The van der Waals surface area contributed by atoms with Crippen LogP contribution in [0.15, 0.2) is 60.7 Å². The van der Waals surface area contributed by atoms with Crippen molar-refractivity contribution in [3.8, 4) is 16.9 Å². The van der Waals surface area contributed by atoms with Crippen LogP contribution < -0.4 is 4.74 Å². The lowest BCUT2D eigenvalue weighted by Gasteiger charge is -2.11. The van der Waals surface area contributed by atoms with Crippen molar-refractivity contribution in [3.05, 3.63) is 100 Å². The van der Waals surface area contributed by atoms with Gasteiger partial charge in [-0.1, -0.05) is 42.0 Å². The van der Waals surface area contributed by atoms with Crippen molar-refractivity contribution in [2.45, 2.75) is 27.7 Å². The second-order valence-corrected chi connectivity index (χ2v) is 7.92. The summed E-state index contributed by atoms with van der Waals surface area (Å²) in [4.78, 5) is 12.7. The second-order valence-electron chi connectivity index (χ2n) is 7.92. The van der Waals surface area contributed by atoms with Gasteiger partial charge in [-0.15, -0.1) is 0 Å². The highest BCUT2D eigenvalue weighted by Gasteiger charge is 2.15. The van der Waals surface area contributed by atoms with Gasteiger partial charge in [0.25, 0.3) is 0 Å². The van der Waals surface area contributed by atoms with Crippen LogP contribution in [-0.2, 0) is 0 Å². The summed E-state index contributed by atoms with van der Waals surface area (Å²) in [6.07, 6.45) is 0. The molecule has 4 heteroatoms. The van der Waals surface area contributed by atoms with Crippen LogP contribution in [0.5, 0.6) is 5.75 Å². The normalized spacial score (nSPS) is 11.0. The summed E-state index contributed by atoms with van der Waals surface area (Å²) in [5.41, 5.74) is 5.12. The van der Waals surface area contributed by atoms with E-state index in [0.29, 0.717) is 22.1 Å². The number of aryl methyl sites for hydroxylation is 3. The summed E-state index contributed by atoms with van der Waals surface area (Å²) in [5.74, 6) is -1.06. The van der Waals surface area contributed by atoms with E-state index in [4.69, 9.17) is 4.74 Å². The van der Waals surface area contributed by atoms with Crippen LogP contribution >= 0.6 is 0 Å². The molecule has 0 fully saturated rings. The molecule has 0 aromatic heterocycles. The monoisotopic (exact) mass is 416 g/mol. The van der Waals surface area contributed by atoms with E-state index in [1.165, 1.54) is 13.0 Å². The Kier molecular flexibility index (Phi) is 5.32. The van der Waals surface area contributed by atoms with Gasteiger partial charge in [0.15, 0.2) is 0 Å². The van der Waals surface area contributed by atoms with Crippen molar-refractivity contribution in [1.29, 1.82) is 0 Å². The molecule has 0 saturated carbocycles. The Hall–Kier alpha value is -3.53. The van der Waals surface area contributed by atoms with Crippen molar-refractivity contribution in [2.75, 3.05) is 0 Å². The molecule has 0 atom stereocenters. The molecule has 4 aromatic carbocycles. The third-order valence-corrected chi connectivity index (χ3v) is 5.54. The average molecular weight is 416 g/mol. The Labute approximate surface area is 180 Å². The van der Waals surface area contributed by atoms with E-state index < -0.39 is 17.6 Å². The van der Waals surface area contributed by atoms with Gasteiger partial charge in [-0.25, -0.2) is 13.6 Å². The highest BCUT2D eigenvalue weighted by molar-refractivity contribution is 5.94. The summed E-state index contributed by atoms with van der Waals surface area (Å²) in [6.45, 7) is 7.21. The molecule has 2 nitrogen and oxygen atoms in total. The van der Waals surface area contributed by atoms with Crippen LogP contribution in [0.3, 0.4) is 0 Å². The molecule has 0 radical (unpaired) electrons. The molecular formula is C27H22F2O2. The molecule has 0 aliphatic carbocycles. The van der Waals surface area contributed by atoms with E-state index in [2.05, 4.69) is 0 Å². The molecule has 0 heterocycles. The van der Waals surface area contributed by atoms with Crippen molar-refractivity contribution in [3.63, 3.8) is 0 Å². The molecule has 0 amide bonds. The van der Waals surface area contributed by atoms with Crippen molar-refractivity contribution < 1.29 is 18.3 Å². The zero-order valence-electron chi connectivity index (χ0n) is 17.8. The minimum atomic E-state index is -0.564. The third kappa shape index (κ3) is 3.93. The van der Waals surface area contributed by atoms with Gasteiger partial charge in [0.2, 0.25) is 0 Å². The zero-order valence-corrected chi connectivity index (χ0v) is 17.8. The predicted octanol–water partition coefficient (Wildman–Crippen LogP) is 7.24. The van der Waals surface area contributed by atoms with E-state index in [1.54, 1.807) is 30.3 Å². The van der Waals surface area contributed by atoms with E-state index in [9.17, 15) is 13.6 Å². The second kappa shape index (κ2) is 7.95. The maximum atomic E-state index is 14.3. The van der Waals surface area contributed by atoms with E-state index in [0.717, 1.165) is 27.8 Å². The SMILES string of the molecule is Cc1cc(C)c(C(=O)Oc2ccc(-c3ccc4c(F)c(C)c(F)cc4c3)cc2)c(C)c1. The number of benzene rings is 4. The maximum absolute atomic E-state index is 14.3. The molecular weight excluding hydrogens is 394 g/mol. The number of hydrogen-bond acceptors (Lipinski definition) is 2. The minimum absolute atomic E-state index is 0.0190. The zero-order chi connectivity index (χ0) is 22.3. The largest absolute Gasteiger partial charge is 0.423 e. The lowest BCUT2D eigenvalue weighted by Crippen LogP contribution is -2.12. The lowest BCUT2D eigenvalue weighted by molar-refractivity contribution is 0.0733. The Bertz CT molecular complexity index is 1300. The number of esters is 1. The third-order valence-electron chi connectivity index (χ3n) is 5.54. The average Bonchev–Trinajstić information content (AvgIpc) is 2.71. The molecule has 0 aliphatic rings. The summed E-state index contributed by atoms with van der Waals surface area (Å²) in [7, 11) is 0. The molecule has 4 aromatic rings. The topological polar surface area (TPSA) is 26.3 Å². The summed E-state index contributed by atoms with van der Waals surface area (Å²) in [6, 6.07) is 17.5. The van der Waals surface area contributed by atoms with Crippen LogP contribution in [0.4, 0.5) is 8.78 Å². The van der Waals surface area contributed by atoms with Gasteiger partial charge in [0.05, 0.1) is 5.56 Å². The van der Waals surface area contributed by atoms with E-state index in [1.807, 2.05) is 45.0 Å². The van der Waals surface area contributed by atoms with Crippen LogP contribution in [0.25, 0.3) is 21.9 Å². The highest BCUT2D eigenvalue weighted by atomic mass is 19.1. The van der Waals surface area contributed by atoms with Gasteiger partial charge < -0.3 is 4.74 Å². The Balaban J connectivity index is 1.60. The maximum Gasteiger partial charge on any atom is 0.344 e. The van der Waals surface area contributed by atoms with Gasteiger partial charge in [-0.3, -0.25) is 0 Å². The van der Waals surface area contributed by atoms with E-state index >= 15 is 0 Å². The molecule has 0 spiro atoms. The van der Waals surface area contributed by atoms with E-state index in [-0.39, 0.29) is 5.56 Å². The first kappa shape index (κ1) is 20.7. The summed E-state index contributed by atoms with van der Waals surface area (Å²) in [5, 5.41) is 0.885. The number of carbonyl (C=O) groups excluding carboxylic acids is 1. The number of rotatable bonds is 3. The van der Waals surface area contributed by atoms with Crippen molar-refractivity contribution in [2.24, 2.45) is 0 Å². The molecule has 0 aliphatic heterocycles. The molecule has 0 N–H and O–H groups in total. The van der Waals surface area contributed by atoms with Crippen LogP contribution in [0.2, 0.25) is 0 Å². The summed E-state index contributed by atoms with van der Waals surface area (Å²) >= 11 is 0. The predicted molar refractivity (Wildman–Crippen MR) is 120 cm³/mol. The number of ether oxygens (including phenoxy) is 1. The first-order chi connectivity index (χ1) is 14.7. The molecule has 31 heavy (non-hydrogen) atoms. The Morgan fingerprint density at radius 3 is 2.03 bits per heavy atom. The molecule has 0 bridgehead atoms. The van der Waals surface area contributed by atoms with Crippen LogP contribution in [0, 0.1) is 39.3 Å². The van der Waals surface area contributed by atoms with Gasteiger partial charge in [0.1, 0.15) is 17.4 Å². The number of halogens is 2. The van der Waals surface area contributed by atoms with Gasteiger partial charge >= 0.3 is 5.97 Å². The Morgan fingerprint density at radius 2 is 1.39 bits per heavy atom. The Morgan fingerprint density at radius 1 is 0.774 bits per heavy atom. The first-order valence-electron chi connectivity index (χ1n) is 10.0. The van der Waals surface area contributed by atoms with Gasteiger partial charge in [-0.05, 0) is 79.6 Å². The molecule has 156 valence electrons. The summed E-state index contributed by atoms with van der Waals surface area (Å²) < 4.78 is 33.8. The smallest absolute Gasteiger partial charge is 0.344 e. The highest BCUT2D eigenvalue weighted by Crippen LogP contribution is 2.30. The van der Waals surface area contributed by atoms with Crippen molar-refractivity contribution in [1.82, 2.24) is 0 Å². The fourth-order valence-corrected chi connectivity index (χ4v) is 3.99.